The zero-order valence-corrected chi connectivity index (χ0v) is 13.3. The van der Waals surface area contributed by atoms with Crippen molar-refractivity contribution in [1.29, 1.82) is 0 Å². The predicted molar refractivity (Wildman–Crippen MR) is 83.4 cm³/mol. The molecule has 0 unspecified atom stereocenters. The Morgan fingerprint density at radius 1 is 1.29 bits per heavy atom. The van der Waals surface area contributed by atoms with Gasteiger partial charge in [-0.25, -0.2) is 0 Å². The molecule has 1 aromatic heterocycles. The van der Waals surface area contributed by atoms with E-state index in [1.54, 1.807) is 6.92 Å². The molecule has 1 heterocycles. The third-order valence-corrected chi connectivity index (χ3v) is 3.57. The summed E-state index contributed by atoms with van der Waals surface area (Å²) >= 11 is 0. The van der Waals surface area contributed by atoms with Crippen LogP contribution in [0, 0.1) is 6.92 Å². The van der Waals surface area contributed by atoms with Gasteiger partial charge in [-0.15, -0.1) is 0 Å². The fraction of sp³-hybridized carbons (Fsp3) is 0.471. The molecule has 0 fully saturated rings. The second-order valence-electron chi connectivity index (χ2n) is 5.30. The second-order valence-corrected chi connectivity index (χ2v) is 5.30. The summed E-state index contributed by atoms with van der Waals surface area (Å²) in [6, 6.07) is 7.96. The molecule has 0 saturated carbocycles. The van der Waals surface area contributed by atoms with Crippen molar-refractivity contribution < 1.29 is 9.84 Å². The number of rotatable bonds is 6. The first-order chi connectivity index (χ1) is 10.0. The van der Waals surface area contributed by atoms with Crippen LogP contribution in [0.3, 0.4) is 0 Å². The number of aliphatic hydroxyl groups excluding tert-OH is 1. The molecule has 1 atom stereocenters. The fourth-order valence-electron chi connectivity index (χ4n) is 2.34. The minimum absolute atomic E-state index is 0.462. The molecular weight excluding hydrogens is 264 g/mol. The summed E-state index contributed by atoms with van der Waals surface area (Å²) in [5.41, 5.74) is 4.08. The lowest BCUT2D eigenvalue weighted by molar-refractivity contribution is 0.189. The summed E-state index contributed by atoms with van der Waals surface area (Å²) in [6.45, 7) is 9.23. The normalized spacial score (nSPS) is 12.4. The highest BCUT2D eigenvalue weighted by atomic mass is 16.5. The van der Waals surface area contributed by atoms with Gasteiger partial charge in [0.15, 0.2) is 0 Å². The van der Waals surface area contributed by atoms with Crippen molar-refractivity contribution in [2.45, 2.75) is 53.4 Å². The Morgan fingerprint density at radius 3 is 2.67 bits per heavy atom. The Kier molecular flexibility index (Phi) is 5.02. The highest BCUT2D eigenvalue weighted by Gasteiger charge is 2.11. The van der Waals surface area contributed by atoms with Crippen LogP contribution in [0.5, 0.6) is 5.75 Å². The van der Waals surface area contributed by atoms with Crippen LogP contribution in [0.25, 0.3) is 0 Å². The van der Waals surface area contributed by atoms with E-state index in [0.29, 0.717) is 6.61 Å². The maximum Gasteiger partial charge on any atom is 0.130 e. The minimum atomic E-state index is -0.539. The zero-order chi connectivity index (χ0) is 15.4. The van der Waals surface area contributed by atoms with Crippen molar-refractivity contribution >= 4 is 0 Å². The largest absolute Gasteiger partial charge is 0.487 e. The van der Waals surface area contributed by atoms with Gasteiger partial charge in [-0.1, -0.05) is 19.1 Å². The Balaban J connectivity index is 2.19. The van der Waals surface area contributed by atoms with Crippen molar-refractivity contribution in [1.82, 2.24) is 9.78 Å². The van der Waals surface area contributed by atoms with E-state index < -0.39 is 6.10 Å². The first kappa shape index (κ1) is 15.6. The summed E-state index contributed by atoms with van der Waals surface area (Å²) in [5, 5.41) is 14.4. The van der Waals surface area contributed by atoms with Crippen molar-refractivity contribution in [3.8, 4) is 5.75 Å². The predicted octanol–water partition coefficient (Wildman–Crippen LogP) is 3.41. The Bertz CT molecular complexity index is 603. The molecule has 0 aliphatic carbocycles. The molecule has 21 heavy (non-hydrogen) atoms. The number of aryl methyl sites for hydroxylation is 3. The Hall–Kier alpha value is -1.81. The summed E-state index contributed by atoms with van der Waals surface area (Å²) < 4.78 is 7.91. The molecule has 0 amide bonds. The van der Waals surface area contributed by atoms with Gasteiger partial charge >= 0.3 is 0 Å². The van der Waals surface area contributed by atoms with Crippen LogP contribution in [-0.4, -0.2) is 14.9 Å². The van der Waals surface area contributed by atoms with E-state index in [1.165, 1.54) is 0 Å². The molecule has 2 rings (SSSR count). The van der Waals surface area contributed by atoms with Crippen LogP contribution in [-0.2, 0) is 19.6 Å². The number of ether oxygens (including phenoxy) is 1. The zero-order valence-electron chi connectivity index (χ0n) is 13.3. The summed E-state index contributed by atoms with van der Waals surface area (Å²) in [6.07, 6.45) is 0.381. The average Bonchev–Trinajstić information content (AvgIpc) is 2.87. The van der Waals surface area contributed by atoms with Gasteiger partial charge in [-0.3, -0.25) is 4.68 Å². The first-order valence-electron chi connectivity index (χ1n) is 7.52. The lowest BCUT2D eigenvalue weighted by Gasteiger charge is -2.14. The second kappa shape index (κ2) is 6.76. The molecule has 114 valence electrons. The van der Waals surface area contributed by atoms with Crippen LogP contribution >= 0.6 is 0 Å². The Labute approximate surface area is 126 Å². The molecule has 1 N–H and O–H groups in total. The average molecular weight is 288 g/mol. The van der Waals surface area contributed by atoms with Crippen LogP contribution in [0.2, 0.25) is 0 Å². The molecule has 4 heteroatoms. The van der Waals surface area contributed by atoms with Gasteiger partial charge in [0, 0.05) is 12.1 Å². The van der Waals surface area contributed by atoms with Gasteiger partial charge in [-0.05, 0) is 44.9 Å². The highest BCUT2D eigenvalue weighted by Crippen LogP contribution is 2.27. The van der Waals surface area contributed by atoms with Crippen LogP contribution in [0.1, 0.15) is 49.4 Å². The maximum absolute atomic E-state index is 9.84. The third-order valence-electron chi connectivity index (χ3n) is 3.57. The van der Waals surface area contributed by atoms with Crippen molar-refractivity contribution in [3.05, 3.63) is 46.8 Å². The van der Waals surface area contributed by atoms with Crippen LogP contribution in [0.15, 0.2) is 24.3 Å². The van der Waals surface area contributed by atoms with Crippen LogP contribution in [0.4, 0.5) is 0 Å². The number of aromatic nitrogens is 2. The Morgan fingerprint density at radius 2 is 2.05 bits per heavy atom. The smallest absolute Gasteiger partial charge is 0.130 e. The van der Waals surface area contributed by atoms with Crippen molar-refractivity contribution in [2.24, 2.45) is 0 Å². The molecule has 2 aromatic rings. The molecule has 1 aromatic carbocycles. The van der Waals surface area contributed by atoms with Gasteiger partial charge in [0.2, 0.25) is 0 Å². The summed E-state index contributed by atoms with van der Waals surface area (Å²) in [7, 11) is 0. The molecule has 0 aliphatic heterocycles. The first-order valence-corrected chi connectivity index (χ1v) is 7.52. The standard InChI is InChI=1S/C17H24N2O2/c1-5-14-10-15(19(6-2)18-14)11-21-17-9-12(3)7-8-16(17)13(4)20/h7-10,13,20H,5-6,11H2,1-4H3/t13-/m0/s1. The van der Waals surface area contributed by atoms with Gasteiger partial charge in [0.1, 0.15) is 12.4 Å². The molecule has 4 nitrogen and oxygen atoms in total. The lowest BCUT2D eigenvalue weighted by atomic mass is 10.1. The molecule has 0 radical (unpaired) electrons. The van der Waals surface area contributed by atoms with Gasteiger partial charge in [0.25, 0.3) is 0 Å². The molecular formula is C17H24N2O2. The number of hydrogen-bond acceptors (Lipinski definition) is 3. The molecule has 0 spiro atoms. The van der Waals surface area contributed by atoms with E-state index in [4.69, 9.17) is 4.74 Å². The third kappa shape index (κ3) is 3.64. The van der Waals surface area contributed by atoms with E-state index in [9.17, 15) is 5.11 Å². The SMILES string of the molecule is CCc1cc(COc2cc(C)ccc2[C@H](C)O)n(CC)n1. The maximum atomic E-state index is 9.84. The number of benzene rings is 1. The molecule has 0 aliphatic rings. The topological polar surface area (TPSA) is 47.3 Å². The fourth-order valence-corrected chi connectivity index (χ4v) is 2.34. The van der Waals surface area contributed by atoms with Crippen molar-refractivity contribution in [3.63, 3.8) is 0 Å². The summed E-state index contributed by atoms with van der Waals surface area (Å²) in [4.78, 5) is 0. The molecule has 0 bridgehead atoms. The number of aliphatic hydroxyl groups is 1. The van der Waals surface area contributed by atoms with Gasteiger partial charge < -0.3 is 9.84 Å². The summed E-state index contributed by atoms with van der Waals surface area (Å²) in [5.74, 6) is 0.743. The van der Waals surface area contributed by atoms with Gasteiger partial charge in [0.05, 0.1) is 17.5 Å². The van der Waals surface area contributed by atoms with E-state index in [0.717, 1.165) is 41.2 Å². The quantitative estimate of drug-likeness (QED) is 0.886. The number of nitrogens with zero attached hydrogens (tertiary/aromatic N) is 2. The van der Waals surface area contributed by atoms with Crippen LogP contribution < -0.4 is 4.74 Å². The van der Waals surface area contributed by atoms with E-state index >= 15 is 0 Å². The monoisotopic (exact) mass is 288 g/mol. The molecule has 0 saturated heterocycles. The number of hydrogen-bond donors (Lipinski definition) is 1. The lowest BCUT2D eigenvalue weighted by Crippen LogP contribution is -2.07. The van der Waals surface area contributed by atoms with E-state index in [2.05, 4.69) is 25.0 Å². The highest BCUT2D eigenvalue weighted by molar-refractivity contribution is 5.38. The van der Waals surface area contributed by atoms with E-state index in [-0.39, 0.29) is 0 Å². The van der Waals surface area contributed by atoms with Crippen molar-refractivity contribution in [2.75, 3.05) is 0 Å². The van der Waals surface area contributed by atoms with E-state index in [1.807, 2.05) is 29.8 Å². The van der Waals surface area contributed by atoms with Gasteiger partial charge in [-0.2, -0.15) is 5.10 Å². The minimum Gasteiger partial charge on any atom is -0.487 e.